The molecule has 92 valence electrons. The van der Waals surface area contributed by atoms with Crippen molar-refractivity contribution in [2.45, 2.75) is 19.4 Å². The molecule has 0 atom stereocenters. The number of hydrogen-bond donors (Lipinski definition) is 0. The first-order valence-corrected chi connectivity index (χ1v) is 5.92. The summed E-state index contributed by atoms with van der Waals surface area (Å²) in [6.45, 7) is 0.235. The van der Waals surface area contributed by atoms with Crippen molar-refractivity contribution in [3.63, 3.8) is 0 Å². The van der Waals surface area contributed by atoms with Crippen LogP contribution in [-0.2, 0) is 11.3 Å². The van der Waals surface area contributed by atoms with E-state index in [9.17, 15) is 14.9 Å². The summed E-state index contributed by atoms with van der Waals surface area (Å²) in [5.74, 6) is 0.343. The Morgan fingerprint density at radius 2 is 2.17 bits per heavy atom. The molecule has 0 unspecified atom stereocenters. The van der Waals surface area contributed by atoms with Crippen LogP contribution in [0.4, 0.5) is 5.69 Å². The highest BCUT2D eigenvalue weighted by molar-refractivity contribution is 5.91. The molecule has 0 amide bonds. The monoisotopic (exact) mass is 244 g/mol. The molecule has 1 aromatic carbocycles. The van der Waals surface area contributed by atoms with Gasteiger partial charge in [-0.1, -0.05) is 12.1 Å². The highest BCUT2D eigenvalue weighted by atomic mass is 16.6. The molecule has 18 heavy (non-hydrogen) atoms. The van der Waals surface area contributed by atoms with E-state index in [0.29, 0.717) is 5.52 Å². The first-order valence-electron chi connectivity index (χ1n) is 5.92. The van der Waals surface area contributed by atoms with Gasteiger partial charge in [0.05, 0.1) is 11.5 Å². The minimum Gasteiger partial charge on any atom is -0.334 e. The Hall–Kier alpha value is -2.17. The van der Waals surface area contributed by atoms with Crippen LogP contribution < -0.4 is 0 Å². The van der Waals surface area contributed by atoms with Crippen molar-refractivity contribution >= 4 is 22.4 Å². The van der Waals surface area contributed by atoms with Gasteiger partial charge in [0.2, 0.25) is 0 Å². The first kappa shape index (κ1) is 11.0. The molecule has 1 aromatic heterocycles. The van der Waals surface area contributed by atoms with Crippen LogP contribution in [0.2, 0.25) is 0 Å². The number of nitro benzene ring substituents is 1. The number of para-hydroxylation sites is 1. The van der Waals surface area contributed by atoms with E-state index >= 15 is 0 Å². The molecule has 1 aliphatic carbocycles. The van der Waals surface area contributed by atoms with Gasteiger partial charge in [-0.15, -0.1) is 0 Å². The number of nitro groups is 1. The Bertz CT molecular complexity index is 641. The van der Waals surface area contributed by atoms with Gasteiger partial charge in [0, 0.05) is 23.6 Å². The van der Waals surface area contributed by atoms with Gasteiger partial charge >= 0.3 is 0 Å². The van der Waals surface area contributed by atoms with Crippen LogP contribution in [0.3, 0.4) is 0 Å². The highest BCUT2D eigenvalue weighted by Gasteiger charge is 2.30. The number of benzene rings is 1. The molecule has 0 aliphatic heterocycles. The van der Waals surface area contributed by atoms with Gasteiger partial charge in [0.1, 0.15) is 5.52 Å². The molecule has 1 heterocycles. The fourth-order valence-electron chi connectivity index (χ4n) is 2.22. The molecule has 1 saturated carbocycles. The van der Waals surface area contributed by atoms with Gasteiger partial charge in [0.15, 0.2) is 5.78 Å². The summed E-state index contributed by atoms with van der Waals surface area (Å²) in [5, 5.41) is 11.8. The molecule has 5 nitrogen and oxygen atoms in total. The lowest BCUT2D eigenvalue weighted by atomic mass is 10.2. The van der Waals surface area contributed by atoms with Crippen LogP contribution >= 0.6 is 0 Å². The van der Waals surface area contributed by atoms with E-state index in [4.69, 9.17) is 0 Å². The summed E-state index contributed by atoms with van der Waals surface area (Å²) >= 11 is 0. The standard InChI is InChI=1S/C13H12N2O3/c16-12(9-4-5-9)8-14-7-6-10-2-1-3-11(13(10)14)15(17)18/h1-3,6-7,9H,4-5,8H2. The number of non-ortho nitro benzene ring substituents is 1. The maximum Gasteiger partial charge on any atom is 0.293 e. The van der Waals surface area contributed by atoms with Gasteiger partial charge < -0.3 is 4.57 Å². The largest absolute Gasteiger partial charge is 0.334 e. The van der Waals surface area contributed by atoms with Gasteiger partial charge in [-0.05, 0) is 18.9 Å². The Labute approximate surface area is 103 Å². The minimum atomic E-state index is -0.402. The molecule has 0 bridgehead atoms. The Balaban J connectivity index is 2.05. The zero-order chi connectivity index (χ0) is 12.7. The molecule has 0 spiro atoms. The van der Waals surface area contributed by atoms with Crippen LogP contribution in [-0.4, -0.2) is 15.3 Å². The number of aromatic nitrogens is 1. The molecule has 0 radical (unpaired) electrons. The Kier molecular flexibility index (Phi) is 2.40. The molecular formula is C13H12N2O3. The average molecular weight is 244 g/mol. The molecule has 0 saturated heterocycles. The van der Waals surface area contributed by atoms with Gasteiger partial charge in [0.25, 0.3) is 5.69 Å². The van der Waals surface area contributed by atoms with Crippen LogP contribution in [0.25, 0.3) is 10.9 Å². The summed E-state index contributed by atoms with van der Waals surface area (Å²) < 4.78 is 1.69. The maximum absolute atomic E-state index is 11.8. The second-order valence-electron chi connectivity index (χ2n) is 4.66. The Morgan fingerprint density at radius 1 is 1.39 bits per heavy atom. The number of carbonyl (C=O) groups is 1. The van der Waals surface area contributed by atoms with Crippen molar-refractivity contribution < 1.29 is 9.72 Å². The summed E-state index contributed by atoms with van der Waals surface area (Å²) in [6, 6.07) is 6.76. The molecule has 1 aliphatic rings. The second kappa shape index (κ2) is 3.94. The number of ketones is 1. The van der Waals surface area contributed by atoms with E-state index in [0.717, 1.165) is 18.2 Å². The zero-order valence-corrected chi connectivity index (χ0v) is 9.70. The fraction of sp³-hybridized carbons (Fsp3) is 0.308. The van der Waals surface area contributed by atoms with E-state index < -0.39 is 4.92 Å². The minimum absolute atomic E-state index is 0.0566. The van der Waals surface area contributed by atoms with E-state index in [1.165, 1.54) is 6.07 Å². The third-order valence-electron chi connectivity index (χ3n) is 3.32. The maximum atomic E-state index is 11.8. The van der Waals surface area contributed by atoms with Crippen molar-refractivity contribution in [3.05, 3.63) is 40.6 Å². The van der Waals surface area contributed by atoms with Crippen molar-refractivity contribution in [1.29, 1.82) is 0 Å². The summed E-state index contributed by atoms with van der Waals surface area (Å²) in [6.07, 6.45) is 3.66. The summed E-state index contributed by atoms with van der Waals surface area (Å²) in [7, 11) is 0. The Morgan fingerprint density at radius 3 is 2.83 bits per heavy atom. The quantitative estimate of drug-likeness (QED) is 0.613. The van der Waals surface area contributed by atoms with E-state index in [1.807, 2.05) is 12.1 Å². The van der Waals surface area contributed by atoms with E-state index in [2.05, 4.69) is 0 Å². The van der Waals surface area contributed by atoms with E-state index in [1.54, 1.807) is 16.8 Å². The van der Waals surface area contributed by atoms with E-state index in [-0.39, 0.29) is 23.9 Å². The smallest absolute Gasteiger partial charge is 0.293 e. The molecule has 3 rings (SSSR count). The molecule has 0 N–H and O–H groups in total. The van der Waals surface area contributed by atoms with Crippen molar-refractivity contribution in [2.75, 3.05) is 0 Å². The summed E-state index contributed by atoms with van der Waals surface area (Å²) in [4.78, 5) is 22.4. The van der Waals surface area contributed by atoms with Crippen molar-refractivity contribution in [3.8, 4) is 0 Å². The average Bonchev–Trinajstić information content (AvgIpc) is 3.12. The van der Waals surface area contributed by atoms with Crippen LogP contribution in [0.5, 0.6) is 0 Å². The summed E-state index contributed by atoms with van der Waals surface area (Å²) in [5.41, 5.74) is 0.595. The fourth-order valence-corrected chi connectivity index (χ4v) is 2.22. The van der Waals surface area contributed by atoms with Crippen LogP contribution in [0.1, 0.15) is 12.8 Å². The third-order valence-corrected chi connectivity index (χ3v) is 3.32. The zero-order valence-electron chi connectivity index (χ0n) is 9.70. The van der Waals surface area contributed by atoms with Gasteiger partial charge in [-0.2, -0.15) is 0 Å². The van der Waals surface area contributed by atoms with Crippen molar-refractivity contribution in [2.24, 2.45) is 5.92 Å². The predicted molar refractivity (Wildman–Crippen MR) is 66.3 cm³/mol. The second-order valence-corrected chi connectivity index (χ2v) is 4.66. The number of nitrogens with zero attached hydrogens (tertiary/aromatic N) is 2. The van der Waals surface area contributed by atoms with Crippen LogP contribution in [0.15, 0.2) is 30.5 Å². The van der Waals surface area contributed by atoms with Gasteiger partial charge in [-0.3, -0.25) is 14.9 Å². The lowest BCUT2D eigenvalue weighted by Gasteiger charge is -2.04. The lowest BCUT2D eigenvalue weighted by molar-refractivity contribution is -0.383. The van der Waals surface area contributed by atoms with Gasteiger partial charge in [-0.25, -0.2) is 0 Å². The molecule has 5 heteroatoms. The topological polar surface area (TPSA) is 65.1 Å². The normalized spacial score (nSPS) is 14.9. The SMILES string of the molecule is O=C(Cn1ccc2cccc([N+](=O)[O-])c21)C1CC1. The molecule has 2 aromatic rings. The molecule has 1 fully saturated rings. The number of carbonyl (C=O) groups excluding carboxylic acids is 1. The highest BCUT2D eigenvalue weighted by Crippen LogP contribution is 2.32. The molecular weight excluding hydrogens is 232 g/mol. The van der Waals surface area contributed by atoms with Crippen molar-refractivity contribution in [1.82, 2.24) is 4.57 Å². The number of Topliss-reactive ketones (excluding diaryl/α,β-unsaturated/α-hetero) is 1. The van der Waals surface area contributed by atoms with Crippen LogP contribution in [0, 0.1) is 16.0 Å². The predicted octanol–water partition coefficient (Wildman–Crippen LogP) is 2.53. The number of rotatable bonds is 4. The third kappa shape index (κ3) is 1.77. The number of fused-ring (bicyclic) bond motifs is 1. The lowest BCUT2D eigenvalue weighted by Crippen LogP contribution is -2.11. The number of hydrogen-bond acceptors (Lipinski definition) is 3. The first-order chi connectivity index (χ1) is 8.66.